The molecule has 1 aromatic carbocycles. The number of anilines is 1. The highest BCUT2D eigenvalue weighted by Gasteiger charge is 2.18. The van der Waals surface area contributed by atoms with E-state index < -0.39 is 5.09 Å². The lowest BCUT2D eigenvalue weighted by Gasteiger charge is -2.29. The van der Waals surface area contributed by atoms with Crippen LogP contribution in [-0.4, -0.2) is 29.2 Å². The number of benzene rings is 1. The molecule has 0 aliphatic carbocycles. The van der Waals surface area contributed by atoms with E-state index in [1.807, 2.05) is 12.1 Å². The number of rotatable bonds is 8. The highest BCUT2D eigenvalue weighted by atomic mass is 35.5. The van der Waals surface area contributed by atoms with Crippen molar-refractivity contribution in [1.82, 2.24) is 4.31 Å². The first-order chi connectivity index (χ1) is 10.6. The Kier molecular flexibility index (Phi) is 6.90. The second-order valence-corrected chi connectivity index (χ2v) is 6.87. The molecular weight excluding hydrogens is 348 g/mol. The first kappa shape index (κ1) is 17.5. The molecule has 0 saturated heterocycles. The molecule has 1 aliphatic rings. The number of hydrogen-bond donors (Lipinski definition) is 2. The van der Waals surface area contributed by atoms with Crippen LogP contribution in [0.2, 0.25) is 5.02 Å². The average Bonchev–Trinajstić information content (AvgIpc) is 2.50. The van der Waals surface area contributed by atoms with Gasteiger partial charge in [-0.25, -0.2) is 4.31 Å². The molecule has 1 heterocycles. The number of halogens is 1. The first-order valence-corrected chi connectivity index (χ1v) is 8.77. The summed E-state index contributed by atoms with van der Waals surface area (Å²) >= 11 is 8.93. The molecule has 0 aromatic heterocycles. The van der Waals surface area contributed by atoms with Crippen LogP contribution in [0.1, 0.15) is 19.3 Å². The summed E-state index contributed by atoms with van der Waals surface area (Å²) in [5, 5.41) is 18.8. The predicted molar refractivity (Wildman–Crippen MR) is 89.3 cm³/mol. The van der Waals surface area contributed by atoms with Crippen LogP contribution in [0.3, 0.4) is 0 Å². The predicted octanol–water partition coefficient (Wildman–Crippen LogP) is 3.38. The van der Waals surface area contributed by atoms with Crippen LogP contribution < -0.4 is 10.5 Å². The maximum atomic E-state index is 10.0. The molecular formula is C12H17ClN4O3S2. The number of nitrogens with one attached hydrogen (secondary N) is 1. The van der Waals surface area contributed by atoms with Gasteiger partial charge in [-0.15, -0.1) is 10.1 Å². The fourth-order valence-electron chi connectivity index (χ4n) is 2.01. The molecule has 0 unspecified atom stereocenters. The molecule has 122 valence electrons. The minimum atomic E-state index is -0.750. The summed E-state index contributed by atoms with van der Waals surface area (Å²) in [4.78, 5) is 16.2. The molecule has 10 heteroatoms. The van der Waals surface area contributed by atoms with Crippen LogP contribution in [-0.2, 0) is 4.84 Å². The van der Waals surface area contributed by atoms with Crippen molar-refractivity contribution in [2.45, 2.75) is 29.1 Å². The minimum absolute atomic E-state index is 0.164. The zero-order valence-electron chi connectivity index (χ0n) is 11.8. The summed E-state index contributed by atoms with van der Waals surface area (Å²) in [5.41, 5.74) is 1.02. The summed E-state index contributed by atoms with van der Waals surface area (Å²) in [7, 11) is 0. The van der Waals surface area contributed by atoms with E-state index in [9.17, 15) is 10.1 Å². The van der Waals surface area contributed by atoms with Gasteiger partial charge in [0.1, 0.15) is 0 Å². The van der Waals surface area contributed by atoms with Crippen molar-refractivity contribution in [3.63, 3.8) is 0 Å². The van der Waals surface area contributed by atoms with Gasteiger partial charge in [-0.1, -0.05) is 18.0 Å². The van der Waals surface area contributed by atoms with Crippen molar-refractivity contribution in [2.75, 3.05) is 25.1 Å². The van der Waals surface area contributed by atoms with Gasteiger partial charge in [0.15, 0.2) is 0 Å². The van der Waals surface area contributed by atoms with Crippen LogP contribution in [0, 0.1) is 10.1 Å². The average molecular weight is 365 g/mol. The lowest BCUT2D eigenvalue weighted by molar-refractivity contribution is -0.757. The molecule has 2 rings (SSSR count). The molecule has 0 fully saturated rings. The van der Waals surface area contributed by atoms with Gasteiger partial charge in [-0.3, -0.25) is 5.14 Å². The number of nitrogens with zero attached hydrogens (tertiary/aromatic N) is 2. The van der Waals surface area contributed by atoms with Crippen LogP contribution in [0.5, 0.6) is 0 Å². The normalized spacial score (nSPS) is 14.3. The Labute approximate surface area is 142 Å². The van der Waals surface area contributed by atoms with Crippen molar-refractivity contribution >= 4 is 41.2 Å². The standard InChI is InChI=1S/C12H17ClN4O3S2/c13-9-6-10-12(7-11(9)21-14)22-16(8-15-10)4-2-1-3-5-20-17(18)19/h6-7,15H,1-5,8,14H2. The van der Waals surface area contributed by atoms with Gasteiger partial charge in [-0.05, 0) is 48.9 Å². The van der Waals surface area contributed by atoms with Gasteiger partial charge < -0.3 is 10.2 Å². The Morgan fingerprint density at radius 3 is 3.05 bits per heavy atom. The van der Waals surface area contributed by atoms with Gasteiger partial charge in [0.05, 0.1) is 24.0 Å². The third kappa shape index (κ3) is 5.10. The summed E-state index contributed by atoms with van der Waals surface area (Å²) in [6, 6.07) is 3.88. The molecule has 1 aliphatic heterocycles. The molecule has 7 nitrogen and oxygen atoms in total. The smallest absolute Gasteiger partial charge is 0.294 e. The SMILES string of the molecule is NSc1cc2c(cc1Cl)NCN(CCCCCO[N+](=O)[O-])S2. The number of nitrogens with two attached hydrogens (primary N) is 1. The van der Waals surface area contributed by atoms with E-state index in [0.29, 0.717) is 11.4 Å². The largest absolute Gasteiger partial charge is 0.371 e. The zero-order valence-corrected chi connectivity index (χ0v) is 14.2. The summed E-state index contributed by atoms with van der Waals surface area (Å²) in [6.07, 6.45) is 2.53. The van der Waals surface area contributed by atoms with Crippen molar-refractivity contribution in [2.24, 2.45) is 5.14 Å². The third-order valence-electron chi connectivity index (χ3n) is 3.08. The molecule has 22 heavy (non-hydrogen) atoms. The van der Waals surface area contributed by atoms with Crippen LogP contribution in [0.15, 0.2) is 21.9 Å². The summed E-state index contributed by atoms with van der Waals surface area (Å²) < 4.78 is 2.20. The fraction of sp³-hybridized carbons (Fsp3) is 0.500. The van der Waals surface area contributed by atoms with Gasteiger partial charge in [0.25, 0.3) is 5.09 Å². The third-order valence-corrected chi connectivity index (χ3v) is 5.20. The highest BCUT2D eigenvalue weighted by molar-refractivity contribution is 7.98. The molecule has 0 amide bonds. The van der Waals surface area contributed by atoms with E-state index in [4.69, 9.17) is 16.7 Å². The molecule has 0 spiro atoms. The maximum absolute atomic E-state index is 10.0. The quantitative estimate of drug-likeness (QED) is 0.314. The van der Waals surface area contributed by atoms with E-state index in [1.165, 1.54) is 0 Å². The molecule has 1 aromatic rings. The van der Waals surface area contributed by atoms with Crippen LogP contribution >= 0.6 is 35.5 Å². The zero-order chi connectivity index (χ0) is 15.9. The maximum Gasteiger partial charge on any atom is 0.294 e. The minimum Gasteiger partial charge on any atom is -0.371 e. The van der Waals surface area contributed by atoms with E-state index in [0.717, 1.165) is 53.5 Å². The van der Waals surface area contributed by atoms with E-state index >= 15 is 0 Å². The molecule has 0 atom stereocenters. The lowest BCUT2D eigenvalue weighted by atomic mass is 10.2. The molecule has 3 N–H and O–H groups in total. The number of hydrogen-bond acceptors (Lipinski definition) is 8. The number of fused-ring (bicyclic) bond motifs is 1. The van der Waals surface area contributed by atoms with Gasteiger partial charge in [0, 0.05) is 16.3 Å². The van der Waals surface area contributed by atoms with Gasteiger partial charge in [0.2, 0.25) is 0 Å². The Bertz CT molecular complexity index is 535. The first-order valence-electron chi connectivity index (χ1n) is 6.74. The molecule has 0 saturated carbocycles. The van der Waals surface area contributed by atoms with E-state index in [-0.39, 0.29) is 6.61 Å². The van der Waals surface area contributed by atoms with Crippen molar-refractivity contribution in [1.29, 1.82) is 0 Å². The van der Waals surface area contributed by atoms with Crippen molar-refractivity contribution in [3.05, 3.63) is 27.3 Å². The topological polar surface area (TPSA) is 93.7 Å². The molecule has 0 radical (unpaired) electrons. The van der Waals surface area contributed by atoms with E-state index in [2.05, 4.69) is 14.5 Å². The van der Waals surface area contributed by atoms with E-state index in [1.54, 1.807) is 11.9 Å². The van der Waals surface area contributed by atoms with Crippen LogP contribution in [0.4, 0.5) is 5.69 Å². The van der Waals surface area contributed by atoms with Crippen molar-refractivity contribution in [3.8, 4) is 0 Å². The summed E-state index contributed by atoms with van der Waals surface area (Å²) in [6.45, 7) is 1.79. The highest BCUT2D eigenvalue weighted by Crippen LogP contribution is 2.39. The second-order valence-electron chi connectivity index (χ2n) is 4.65. The molecule has 0 bridgehead atoms. The van der Waals surface area contributed by atoms with Gasteiger partial charge in [-0.2, -0.15) is 0 Å². The fourth-order valence-corrected chi connectivity index (χ4v) is 3.77. The second kappa shape index (κ2) is 8.68. The Morgan fingerprint density at radius 2 is 2.32 bits per heavy atom. The van der Waals surface area contributed by atoms with Crippen LogP contribution in [0.25, 0.3) is 0 Å². The Balaban J connectivity index is 1.76. The number of unbranched alkanes of at least 4 members (excludes halogenated alkanes) is 2. The Hall–Kier alpha value is -0.870. The van der Waals surface area contributed by atoms with Crippen molar-refractivity contribution < 1.29 is 9.92 Å². The summed E-state index contributed by atoms with van der Waals surface area (Å²) in [5.74, 6) is 0. The van der Waals surface area contributed by atoms with Gasteiger partial charge >= 0.3 is 0 Å². The lowest BCUT2D eigenvalue weighted by Crippen LogP contribution is -2.27. The Morgan fingerprint density at radius 1 is 1.50 bits per heavy atom. The monoisotopic (exact) mass is 364 g/mol.